The minimum atomic E-state index is -0.134. The molecule has 2 nitrogen and oxygen atoms in total. The summed E-state index contributed by atoms with van der Waals surface area (Å²) >= 11 is 0. The average Bonchev–Trinajstić information content (AvgIpc) is 2.49. The minimum absolute atomic E-state index is 0.00745. The first-order valence-electron chi connectivity index (χ1n) is 7.75. The Hall–Kier alpha value is -1.31. The van der Waals surface area contributed by atoms with Crippen LogP contribution in [0.15, 0.2) is 40.8 Å². The van der Waals surface area contributed by atoms with Gasteiger partial charge in [-0.1, -0.05) is 71.8 Å². The van der Waals surface area contributed by atoms with E-state index < -0.39 is 0 Å². The van der Waals surface area contributed by atoms with Crippen LogP contribution >= 0.6 is 0 Å². The van der Waals surface area contributed by atoms with Crippen LogP contribution in [0.5, 0.6) is 0 Å². The van der Waals surface area contributed by atoms with Crippen LogP contribution in [-0.2, 0) is 4.84 Å². The number of allylic oxidation sites excluding steroid dienone is 5. The molecular formula is C19H29NO. The summed E-state index contributed by atoms with van der Waals surface area (Å²) in [6.45, 7) is 18.1. The Kier molecular flexibility index (Phi) is 3.51. The summed E-state index contributed by atoms with van der Waals surface area (Å²) < 4.78 is 0. The minimum Gasteiger partial charge on any atom is -0.357 e. The zero-order valence-corrected chi connectivity index (χ0v) is 14.7. The molecule has 0 aromatic carbocycles. The molecule has 2 heteroatoms. The fourth-order valence-corrected chi connectivity index (χ4v) is 2.60. The fourth-order valence-electron chi connectivity index (χ4n) is 2.60. The third-order valence-electron chi connectivity index (χ3n) is 5.64. The van der Waals surface area contributed by atoms with Crippen molar-refractivity contribution < 1.29 is 4.84 Å². The van der Waals surface area contributed by atoms with Crippen LogP contribution in [0, 0.1) is 21.7 Å². The Morgan fingerprint density at radius 3 is 2.00 bits per heavy atom. The predicted octanol–water partition coefficient (Wildman–Crippen LogP) is 5.49. The monoisotopic (exact) mass is 287 g/mol. The van der Waals surface area contributed by atoms with E-state index in [-0.39, 0.29) is 21.7 Å². The number of rotatable bonds is 0. The molecule has 2 atom stereocenters. The highest BCUT2D eigenvalue weighted by molar-refractivity contribution is 5.74. The van der Waals surface area contributed by atoms with Crippen molar-refractivity contribution in [2.45, 2.75) is 55.4 Å². The van der Waals surface area contributed by atoms with Crippen molar-refractivity contribution >= 4 is 6.21 Å². The summed E-state index contributed by atoms with van der Waals surface area (Å²) in [5, 5.41) is 4.16. The van der Waals surface area contributed by atoms with Crippen molar-refractivity contribution in [3.8, 4) is 0 Å². The van der Waals surface area contributed by atoms with Crippen molar-refractivity contribution in [2.75, 3.05) is 0 Å². The van der Waals surface area contributed by atoms with E-state index in [0.29, 0.717) is 0 Å². The second-order valence-corrected chi connectivity index (χ2v) is 8.76. The Labute approximate surface area is 129 Å². The van der Waals surface area contributed by atoms with E-state index in [1.165, 1.54) is 5.57 Å². The van der Waals surface area contributed by atoms with Crippen LogP contribution in [0.4, 0.5) is 0 Å². The van der Waals surface area contributed by atoms with E-state index in [1.54, 1.807) is 0 Å². The molecule has 1 aliphatic carbocycles. The van der Waals surface area contributed by atoms with E-state index in [0.717, 1.165) is 5.76 Å². The third-order valence-corrected chi connectivity index (χ3v) is 5.64. The molecule has 0 saturated heterocycles. The van der Waals surface area contributed by atoms with Crippen molar-refractivity contribution in [2.24, 2.45) is 26.8 Å². The maximum atomic E-state index is 5.57. The van der Waals surface area contributed by atoms with E-state index in [2.05, 4.69) is 84.8 Å². The fraction of sp³-hybridized carbons (Fsp3) is 0.632. The molecule has 21 heavy (non-hydrogen) atoms. The van der Waals surface area contributed by atoms with E-state index >= 15 is 0 Å². The largest absolute Gasteiger partial charge is 0.357 e. The van der Waals surface area contributed by atoms with Crippen LogP contribution < -0.4 is 0 Å². The Balaban J connectivity index is 2.54. The maximum absolute atomic E-state index is 5.57. The number of oxime groups is 1. The summed E-state index contributed by atoms with van der Waals surface area (Å²) in [4.78, 5) is 5.57. The van der Waals surface area contributed by atoms with Gasteiger partial charge in [0.15, 0.2) is 5.76 Å². The van der Waals surface area contributed by atoms with Crippen LogP contribution in [0.3, 0.4) is 0 Å². The number of hydrogen-bond acceptors (Lipinski definition) is 2. The van der Waals surface area contributed by atoms with E-state index in [9.17, 15) is 0 Å². The topological polar surface area (TPSA) is 21.6 Å². The predicted molar refractivity (Wildman–Crippen MR) is 90.0 cm³/mol. The number of hydrogen-bond donors (Lipinski definition) is 0. The smallest absolute Gasteiger partial charge is 0.161 e. The summed E-state index contributed by atoms with van der Waals surface area (Å²) in [6, 6.07) is 0. The molecule has 1 heterocycles. The molecule has 2 rings (SSSR count). The molecule has 0 N–H and O–H groups in total. The molecule has 0 fully saturated rings. The first-order valence-corrected chi connectivity index (χ1v) is 7.75. The van der Waals surface area contributed by atoms with Gasteiger partial charge in [-0.2, -0.15) is 0 Å². The molecule has 0 aromatic heterocycles. The second-order valence-electron chi connectivity index (χ2n) is 8.76. The lowest BCUT2D eigenvalue weighted by Gasteiger charge is -2.41. The van der Waals surface area contributed by atoms with Gasteiger partial charge in [0.2, 0.25) is 0 Å². The molecule has 0 amide bonds. The first kappa shape index (κ1) is 16.1. The summed E-state index contributed by atoms with van der Waals surface area (Å²) in [5.74, 6) is 0.874. The van der Waals surface area contributed by atoms with Gasteiger partial charge < -0.3 is 4.84 Å². The van der Waals surface area contributed by atoms with Gasteiger partial charge in [-0.3, -0.25) is 0 Å². The van der Waals surface area contributed by atoms with E-state index in [1.807, 2.05) is 6.21 Å². The van der Waals surface area contributed by atoms with Crippen LogP contribution in [0.1, 0.15) is 55.4 Å². The molecule has 0 aromatic rings. The molecule has 2 aliphatic rings. The highest BCUT2D eigenvalue weighted by Crippen LogP contribution is 2.50. The molecule has 2 unspecified atom stereocenters. The molecule has 0 saturated carbocycles. The molecule has 0 bridgehead atoms. The van der Waals surface area contributed by atoms with Gasteiger partial charge in [0.05, 0.1) is 6.21 Å². The molecule has 0 spiro atoms. The molecular weight excluding hydrogens is 258 g/mol. The van der Waals surface area contributed by atoms with Gasteiger partial charge in [-0.05, 0) is 23.8 Å². The van der Waals surface area contributed by atoms with Gasteiger partial charge in [0.25, 0.3) is 0 Å². The summed E-state index contributed by atoms with van der Waals surface area (Å²) in [6.07, 6.45) is 10.9. The van der Waals surface area contributed by atoms with Gasteiger partial charge in [-0.15, -0.1) is 0 Å². The maximum Gasteiger partial charge on any atom is 0.161 e. The summed E-state index contributed by atoms with van der Waals surface area (Å²) in [7, 11) is 0. The van der Waals surface area contributed by atoms with Gasteiger partial charge in [0.1, 0.15) is 0 Å². The Morgan fingerprint density at radius 2 is 1.48 bits per heavy atom. The van der Waals surface area contributed by atoms with Crippen LogP contribution in [-0.4, -0.2) is 6.21 Å². The number of nitrogens with zero attached hydrogens (tertiary/aromatic N) is 1. The first-order chi connectivity index (χ1) is 9.41. The molecule has 0 radical (unpaired) electrons. The molecule has 116 valence electrons. The van der Waals surface area contributed by atoms with Gasteiger partial charge in [-0.25, -0.2) is 0 Å². The van der Waals surface area contributed by atoms with Crippen molar-refractivity contribution in [3.05, 3.63) is 35.6 Å². The quantitative estimate of drug-likeness (QED) is 0.577. The lowest BCUT2D eigenvalue weighted by Crippen LogP contribution is -2.38. The lowest BCUT2D eigenvalue weighted by molar-refractivity contribution is 0.175. The SMILES string of the molecule is CC(C)(C)C1(C)C=CC2=C(C=C1)C(C)(C(C)(C)C)C=NO2. The molecule has 1 aliphatic heterocycles. The highest BCUT2D eigenvalue weighted by Gasteiger charge is 2.44. The Morgan fingerprint density at radius 1 is 0.905 bits per heavy atom. The zero-order chi connectivity index (χ0) is 16.1. The van der Waals surface area contributed by atoms with Crippen LogP contribution in [0.25, 0.3) is 0 Å². The van der Waals surface area contributed by atoms with Crippen molar-refractivity contribution in [1.82, 2.24) is 0 Å². The normalized spacial score (nSPS) is 32.8. The zero-order valence-electron chi connectivity index (χ0n) is 14.7. The van der Waals surface area contributed by atoms with Crippen molar-refractivity contribution in [1.29, 1.82) is 0 Å². The van der Waals surface area contributed by atoms with Gasteiger partial charge >= 0.3 is 0 Å². The second kappa shape index (κ2) is 4.59. The van der Waals surface area contributed by atoms with E-state index in [4.69, 9.17) is 4.84 Å². The standard InChI is InChI=1S/C19H29NO/c1-16(2,3)18(7)11-9-14-15(10-12-18)21-20-13-19(14,8)17(4,5)6/h9-13H,1-8H3. The van der Waals surface area contributed by atoms with Gasteiger partial charge in [0, 0.05) is 16.4 Å². The summed E-state index contributed by atoms with van der Waals surface area (Å²) in [5.41, 5.74) is 1.29. The van der Waals surface area contributed by atoms with Crippen molar-refractivity contribution in [3.63, 3.8) is 0 Å². The highest BCUT2D eigenvalue weighted by atomic mass is 16.6. The lowest BCUT2D eigenvalue weighted by atomic mass is 9.63. The average molecular weight is 287 g/mol. The Bertz CT molecular complexity index is 551. The third kappa shape index (κ3) is 2.49. The van der Waals surface area contributed by atoms with Crippen LogP contribution in [0.2, 0.25) is 0 Å².